The normalized spacial score (nSPS) is 11.3. The van der Waals surface area contributed by atoms with E-state index in [2.05, 4.69) is 20.3 Å². The monoisotopic (exact) mass is 330 g/mol. The number of nitrogens with one attached hydrogen (secondary N) is 1. The first-order valence-electron chi connectivity index (χ1n) is 6.77. The first-order valence-corrected chi connectivity index (χ1v) is 8.66. The number of aromatic nitrogens is 3. The molecule has 23 heavy (non-hydrogen) atoms. The minimum absolute atomic E-state index is 0.271. The summed E-state index contributed by atoms with van der Waals surface area (Å²) in [6.07, 6.45) is 7.46. The van der Waals surface area contributed by atoms with E-state index < -0.39 is 9.84 Å². The van der Waals surface area contributed by atoms with Gasteiger partial charge in [-0.15, -0.1) is 0 Å². The molecule has 1 aromatic carbocycles. The molecular weight excluding hydrogens is 316 g/mol. The fraction of sp³-hybridized carbons (Fsp3) is 0.133. The third-order valence-corrected chi connectivity index (χ3v) is 4.25. The minimum atomic E-state index is -3.21. The van der Waals surface area contributed by atoms with Gasteiger partial charge < -0.3 is 9.73 Å². The Morgan fingerprint density at radius 2 is 1.96 bits per heavy atom. The standard InChI is InChI=1S/C15H14N4O3S/c1-23(20,21)12-4-2-11(3-5-12)13-8-16-9-14(19-13)18-10-15-17-6-7-22-15/h2-9H,10H2,1H3,(H,18,19). The van der Waals surface area contributed by atoms with E-state index >= 15 is 0 Å². The Balaban J connectivity index is 1.79. The maximum Gasteiger partial charge on any atom is 0.213 e. The highest BCUT2D eigenvalue weighted by Gasteiger charge is 2.08. The third-order valence-electron chi connectivity index (χ3n) is 3.12. The lowest BCUT2D eigenvalue weighted by molar-refractivity contribution is 0.503. The number of benzene rings is 1. The lowest BCUT2D eigenvalue weighted by Crippen LogP contribution is -2.02. The van der Waals surface area contributed by atoms with Gasteiger partial charge in [-0.05, 0) is 12.1 Å². The summed E-state index contributed by atoms with van der Waals surface area (Å²) in [5, 5.41) is 3.07. The zero-order valence-corrected chi connectivity index (χ0v) is 13.1. The summed E-state index contributed by atoms with van der Waals surface area (Å²) >= 11 is 0. The zero-order chi connectivity index (χ0) is 16.3. The lowest BCUT2D eigenvalue weighted by atomic mass is 10.2. The minimum Gasteiger partial charge on any atom is -0.447 e. The zero-order valence-electron chi connectivity index (χ0n) is 12.3. The molecule has 2 aromatic heterocycles. The predicted molar refractivity (Wildman–Crippen MR) is 84.4 cm³/mol. The summed E-state index contributed by atoms with van der Waals surface area (Å²) in [5.74, 6) is 1.13. The quantitative estimate of drug-likeness (QED) is 0.765. The van der Waals surface area contributed by atoms with Crippen LogP contribution in [0.2, 0.25) is 0 Å². The molecule has 0 radical (unpaired) electrons. The van der Waals surface area contributed by atoms with Gasteiger partial charge in [-0.3, -0.25) is 4.98 Å². The summed E-state index contributed by atoms with van der Waals surface area (Å²) in [5.41, 5.74) is 1.42. The molecule has 0 aliphatic heterocycles. The molecule has 118 valence electrons. The van der Waals surface area contributed by atoms with E-state index in [1.165, 1.54) is 12.5 Å². The van der Waals surface area contributed by atoms with Crippen LogP contribution in [0.3, 0.4) is 0 Å². The summed E-state index contributed by atoms with van der Waals surface area (Å²) in [6, 6.07) is 6.52. The van der Waals surface area contributed by atoms with Gasteiger partial charge in [0.2, 0.25) is 5.89 Å². The molecule has 0 bridgehead atoms. The topological polar surface area (TPSA) is 98.0 Å². The number of sulfone groups is 1. The van der Waals surface area contributed by atoms with Crippen LogP contribution in [-0.4, -0.2) is 29.6 Å². The van der Waals surface area contributed by atoms with Crippen molar-refractivity contribution < 1.29 is 12.8 Å². The second-order valence-electron chi connectivity index (χ2n) is 4.87. The van der Waals surface area contributed by atoms with E-state index in [4.69, 9.17) is 4.42 Å². The Hall–Kier alpha value is -2.74. The van der Waals surface area contributed by atoms with Gasteiger partial charge in [0.05, 0.1) is 35.7 Å². The number of rotatable bonds is 5. The molecule has 7 nitrogen and oxygen atoms in total. The first-order chi connectivity index (χ1) is 11.0. The van der Waals surface area contributed by atoms with E-state index in [1.54, 1.807) is 42.9 Å². The Kier molecular flexibility index (Phi) is 4.07. The van der Waals surface area contributed by atoms with E-state index in [9.17, 15) is 8.42 Å². The first kappa shape index (κ1) is 15.2. The molecule has 3 aromatic rings. The summed E-state index contributed by atoms with van der Waals surface area (Å²) in [7, 11) is -3.21. The van der Waals surface area contributed by atoms with Crippen molar-refractivity contribution in [3.8, 4) is 11.3 Å². The van der Waals surface area contributed by atoms with Crippen molar-refractivity contribution in [2.24, 2.45) is 0 Å². The average Bonchev–Trinajstić information content (AvgIpc) is 3.06. The Bertz CT molecular complexity index is 891. The maximum absolute atomic E-state index is 11.5. The molecule has 0 saturated heterocycles. The van der Waals surface area contributed by atoms with Crippen LogP contribution in [0.15, 0.2) is 58.4 Å². The number of hydrogen-bond acceptors (Lipinski definition) is 7. The van der Waals surface area contributed by atoms with E-state index in [1.807, 2.05) is 0 Å². The highest BCUT2D eigenvalue weighted by Crippen LogP contribution is 2.20. The van der Waals surface area contributed by atoms with Crippen molar-refractivity contribution in [3.63, 3.8) is 0 Å². The molecule has 0 unspecified atom stereocenters. The van der Waals surface area contributed by atoms with Crippen molar-refractivity contribution in [2.75, 3.05) is 11.6 Å². The Morgan fingerprint density at radius 3 is 2.61 bits per heavy atom. The average molecular weight is 330 g/mol. The maximum atomic E-state index is 11.5. The Labute approximate surface area is 133 Å². The number of anilines is 1. The van der Waals surface area contributed by atoms with Crippen LogP contribution in [0, 0.1) is 0 Å². The van der Waals surface area contributed by atoms with Crippen LogP contribution in [0.25, 0.3) is 11.3 Å². The second-order valence-corrected chi connectivity index (χ2v) is 6.88. The van der Waals surface area contributed by atoms with Gasteiger partial charge in [0.15, 0.2) is 9.84 Å². The van der Waals surface area contributed by atoms with Gasteiger partial charge in [-0.2, -0.15) is 0 Å². The largest absolute Gasteiger partial charge is 0.447 e. The van der Waals surface area contributed by atoms with E-state index in [-0.39, 0.29) is 4.90 Å². The molecule has 0 amide bonds. The molecule has 3 rings (SSSR count). The fourth-order valence-electron chi connectivity index (χ4n) is 1.97. The van der Waals surface area contributed by atoms with Crippen LogP contribution in [0.5, 0.6) is 0 Å². The van der Waals surface area contributed by atoms with Crippen LogP contribution in [-0.2, 0) is 16.4 Å². The van der Waals surface area contributed by atoms with Gasteiger partial charge in [0.1, 0.15) is 12.1 Å². The van der Waals surface area contributed by atoms with E-state index in [0.29, 0.717) is 23.9 Å². The highest BCUT2D eigenvalue weighted by atomic mass is 32.2. The van der Waals surface area contributed by atoms with Gasteiger partial charge in [0, 0.05) is 11.8 Å². The van der Waals surface area contributed by atoms with Crippen LogP contribution in [0.4, 0.5) is 5.82 Å². The molecule has 0 atom stereocenters. The number of hydrogen-bond donors (Lipinski definition) is 1. The van der Waals surface area contributed by atoms with Gasteiger partial charge in [0.25, 0.3) is 0 Å². The van der Waals surface area contributed by atoms with Crippen LogP contribution < -0.4 is 5.32 Å². The molecule has 8 heteroatoms. The summed E-state index contributed by atoms with van der Waals surface area (Å²) in [4.78, 5) is 12.9. The van der Waals surface area contributed by atoms with Crippen molar-refractivity contribution in [2.45, 2.75) is 11.4 Å². The van der Waals surface area contributed by atoms with Crippen molar-refractivity contribution in [1.29, 1.82) is 0 Å². The predicted octanol–water partition coefficient (Wildman–Crippen LogP) is 2.15. The fourth-order valence-corrected chi connectivity index (χ4v) is 2.60. The van der Waals surface area contributed by atoms with Crippen molar-refractivity contribution in [1.82, 2.24) is 15.0 Å². The SMILES string of the molecule is CS(=O)(=O)c1ccc(-c2cncc(NCc3ncco3)n2)cc1. The molecule has 0 aliphatic carbocycles. The smallest absolute Gasteiger partial charge is 0.213 e. The van der Waals surface area contributed by atoms with Gasteiger partial charge in [-0.25, -0.2) is 18.4 Å². The van der Waals surface area contributed by atoms with Gasteiger partial charge >= 0.3 is 0 Å². The molecule has 0 aliphatic rings. The molecule has 2 heterocycles. The van der Waals surface area contributed by atoms with Gasteiger partial charge in [-0.1, -0.05) is 12.1 Å². The van der Waals surface area contributed by atoms with Crippen LogP contribution in [0.1, 0.15) is 5.89 Å². The van der Waals surface area contributed by atoms with Crippen LogP contribution >= 0.6 is 0 Å². The van der Waals surface area contributed by atoms with Crippen molar-refractivity contribution in [3.05, 3.63) is 55.0 Å². The van der Waals surface area contributed by atoms with Crippen molar-refractivity contribution >= 4 is 15.7 Å². The summed E-state index contributed by atoms with van der Waals surface area (Å²) in [6.45, 7) is 0.401. The molecule has 0 saturated carbocycles. The highest BCUT2D eigenvalue weighted by molar-refractivity contribution is 7.90. The Morgan fingerprint density at radius 1 is 1.17 bits per heavy atom. The van der Waals surface area contributed by atoms with E-state index in [0.717, 1.165) is 5.56 Å². The lowest BCUT2D eigenvalue weighted by Gasteiger charge is -2.06. The third kappa shape index (κ3) is 3.72. The molecular formula is C15H14N4O3S. The molecule has 1 N–H and O–H groups in total. The summed E-state index contributed by atoms with van der Waals surface area (Å²) < 4.78 is 28.1. The number of oxazole rings is 1. The molecule has 0 fully saturated rings. The number of nitrogens with zero attached hydrogens (tertiary/aromatic N) is 3. The molecule has 0 spiro atoms. The second kappa shape index (κ2) is 6.17.